The minimum Gasteiger partial charge on any atom is -0.462 e. The van der Waals surface area contributed by atoms with Gasteiger partial charge < -0.3 is 148 Å². The molecule has 544 valence electrons. The second-order valence-electron chi connectivity index (χ2n) is 24.7. The number of aliphatic hydroxyl groups is 13. The van der Waals surface area contributed by atoms with Crippen molar-refractivity contribution in [1.29, 1.82) is 0 Å². The molecule has 8 rings (SSSR count). The Hall–Kier alpha value is -7.61. The summed E-state index contributed by atoms with van der Waals surface area (Å²) >= 11 is 0. The number of ether oxygens (including phenoxy) is 6. The van der Waals surface area contributed by atoms with E-state index in [1.807, 2.05) is 6.92 Å². The standard InChI is InChI=1S/C60H88N12O26/c1-4-23(2)14-36(78)97-49-33(21-75)96-58(48(87)44(49)83)98-50-34(22-76)95-57(47(86)45(50)84)93-27-12-10-25(11-13-27)15-28-52(89)70-38(40(79)29-16-64-59(61)68-29)55(92)71-39(41(80)31-17-65-60(62)72(31)56-46(85)43(82)42(81)32(20-74)94-56)54(91)67-30(19-73)51(88)63-18-35(77)69-37(53(90)66-28)24(3)26-8-6-5-7-9-26/h5-13,23-24,28-34,37-50,56-58,73-76,79-87H,4,14-22H2,1-3H3,(H2,62,65)(H,63,88)(H,66,90)(H,67,91)(H,69,77)(H,70,89)(H,71,92)(H3,61,64,68). The third-order valence-electron chi connectivity index (χ3n) is 18.0. The Morgan fingerprint density at radius 3 is 1.84 bits per heavy atom. The number of hydrogen-bond acceptors (Lipinski definition) is 32. The lowest BCUT2D eigenvalue weighted by Gasteiger charge is -2.46. The van der Waals surface area contributed by atoms with Gasteiger partial charge in [0.05, 0.1) is 58.1 Å². The third kappa shape index (κ3) is 17.7. The van der Waals surface area contributed by atoms with E-state index in [4.69, 9.17) is 39.9 Å². The summed E-state index contributed by atoms with van der Waals surface area (Å²) in [5, 5.41) is 160. The number of carbonyl (C=O) groups is 7. The van der Waals surface area contributed by atoms with Crippen LogP contribution in [0.1, 0.15) is 50.7 Å². The molecule has 6 aliphatic rings. The van der Waals surface area contributed by atoms with Gasteiger partial charge in [0.15, 0.2) is 30.5 Å². The summed E-state index contributed by atoms with van der Waals surface area (Å²) in [6.45, 7) is -0.384. The number of guanidine groups is 2. The van der Waals surface area contributed by atoms with Gasteiger partial charge >= 0.3 is 5.97 Å². The monoisotopic (exact) mass is 1390 g/mol. The number of amides is 6. The fraction of sp³-hybridized carbons (Fsp3) is 0.650. The predicted molar refractivity (Wildman–Crippen MR) is 331 cm³/mol. The molecule has 26 unspecified atom stereocenters. The van der Waals surface area contributed by atoms with E-state index < -0.39 is 246 Å². The van der Waals surface area contributed by atoms with Crippen molar-refractivity contribution >= 4 is 53.3 Å². The van der Waals surface area contributed by atoms with Crippen LogP contribution in [-0.2, 0) is 63.7 Å². The summed E-state index contributed by atoms with van der Waals surface area (Å²) < 4.78 is 34.3. The molecule has 38 nitrogen and oxygen atoms in total. The molecule has 0 aromatic heterocycles. The SMILES string of the molecule is CCC(C)CC(=O)OC1C(CO)OC(OC2C(CO)OC(Oc3ccc(CC4NC(=O)C(C(C)c5ccccc5)NC(=O)CNC(=O)C(CO)NC(=O)C(C(O)C5CN=C(N)N5C5OC(CO)C(O)C(O)C5O)NC(=O)C(C(O)C5CN=C(N)N5)NC4=O)cc3)C(O)C2O)C(O)C1O. The maximum Gasteiger partial charge on any atom is 0.306 e. The smallest absolute Gasteiger partial charge is 0.306 e. The van der Waals surface area contributed by atoms with Gasteiger partial charge in [0.1, 0.15) is 115 Å². The van der Waals surface area contributed by atoms with Crippen molar-refractivity contribution in [3.05, 3.63) is 65.7 Å². The summed E-state index contributed by atoms with van der Waals surface area (Å²) in [4.78, 5) is 109. The fourth-order valence-electron chi connectivity index (χ4n) is 12.0. The van der Waals surface area contributed by atoms with Crippen molar-refractivity contribution in [2.75, 3.05) is 46.1 Å². The fourth-order valence-corrected chi connectivity index (χ4v) is 12.0. The van der Waals surface area contributed by atoms with E-state index in [1.54, 1.807) is 44.2 Å². The largest absolute Gasteiger partial charge is 0.462 e. The summed E-state index contributed by atoms with van der Waals surface area (Å²) in [7, 11) is 0. The maximum atomic E-state index is 15.2. The van der Waals surface area contributed by atoms with E-state index >= 15 is 9.59 Å². The summed E-state index contributed by atoms with van der Waals surface area (Å²) in [6.07, 6.45) is -31.2. The van der Waals surface area contributed by atoms with Crippen molar-refractivity contribution in [1.82, 2.24) is 42.1 Å². The van der Waals surface area contributed by atoms with Crippen LogP contribution in [0.25, 0.3) is 0 Å². The molecule has 0 saturated carbocycles. The highest BCUT2D eigenvalue weighted by molar-refractivity contribution is 5.98. The molecule has 24 N–H and O–H groups in total. The Kier molecular flexibility index (Phi) is 26.4. The van der Waals surface area contributed by atoms with Crippen molar-refractivity contribution < 1.29 is 128 Å². The number of nitrogens with zero attached hydrogens (tertiary/aromatic N) is 3. The predicted octanol–water partition coefficient (Wildman–Crippen LogP) is -11.6. The van der Waals surface area contributed by atoms with E-state index in [1.165, 1.54) is 24.3 Å². The molecule has 0 aliphatic carbocycles. The number of hydrogen-bond donors (Lipinski definition) is 22. The van der Waals surface area contributed by atoms with Gasteiger partial charge in [-0.15, -0.1) is 0 Å². The first-order valence-electron chi connectivity index (χ1n) is 31.7. The normalized spacial score (nSPS) is 36.0. The van der Waals surface area contributed by atoms with Crippen molar-refractivity contribution in [3.8, 4) is 5.75 Å². The number of benzene rings is 2. The lowest BCUT2D eigenvalue weighted by atomic mass is 9.92. The number of aliphatic hydroxyl groups excluding tert-OH is 13. The Morgan fingerprint density at radius 2 is 1.20 bits per heavy atom. The number of rotatable bonds is 21. The highest BCUT2D eigenvalue weighted by Gasteiger charge is 2.55. The lowest BCUT2D eigenvalue weighted by Crippen LogP contribution is -2.70. The van der Waals surface area contributed by atoms with Crippen LogP contribution < -0.4 is 53.4 Å². The van der Waals surface area contributed by atoms with Crippen LogP contribution in [0, 0.1) is 5.92 Å². The molecule has 6 heterocycles. The molecule has 0 bridgehead atoms. The first kappa shape index (κ1) is 76.1. The summed E-state index contributed by atoms with van der Waals surface area (Å²) in [5.74, 6) is -9.87. The second kappa shape index (κ2) is 34.0. The minimum atomic E-state index is -2.35. The van der Waals surface area contributed by atoms with Gasteiger partial charge in [-0.25, -0.2) is 0 Å². The van der Waals surface area contributed by atoms with E-state index in [2.05, 4.69) is 47.2 Å². The van der Waals surface area contributed by atoms with Gasteiger partial charge in [0, 0.05) is 18.8 Å². The van der Waals surface area contributed by atoms with Crippen LogP contribution in [-0.4, -0.2) is 317 Å². The van der Waals surface area contributed by atoms with Crippen molar-refractivity contribution in [3.63, 3.8) is 0 Å². The second-order valence-corrected chi connectivity index (χ2v) is 24.7. The molecule has 4 fully saturated rings. The molecular formula is C60H88N12O26. The molecule has 26 atom stereocenters. The molecule has 38 heteroatoms. The first-order chi connectivity index (χ1) is 46.6. The van der Waals surface area contributed by atoms with Gasteiger partial charge in [-0.2, -0.15) is 0 Å². The zero-order valence-electron chi connectivity index (χ0n) is 53.4. The van der Waals surface area contributed by atoms with Gasteiger partial charge in [0.25, 0.3) is 0 Å². The topological polar surface area (TPSA) is 602 Å². The molecule has 4 saturated heterocycles. The molecule has 2 aromatic rings. The minimum absolute atomic E-state index is 0.0361. The van der Waals surface area contributed by atoms with E-state index in [0.717, 1.165) is 4.90 Å². The van der Waals surface area contributed by atoms with Crippen LogP contribution in [0.2, 0.25) is 0 Å². The number of nitrogens with two attached hydrogens (primary N) is 2. The average Bonchev–Trinajstić information content (AvgIpc) is 1.44. The van der Waals surface area contributed by atoms with Gasteiger partial charge in [-0.05, 0) is 29.2 Å². The number of nitrogens with one attached hydrogen (secondary N) is 7. The molecule has 6 aliphatic heterocycles. The first-order valence-corrected chi connectivity index (χ1v) is 31.7. The molecule has 0 radical (unpaired) electrons. The number of carbonyl (C=O) groups excluding carboxylic acids is 7. The van der Waals surface area contributed by atoms with Crippen LogP contribution in [0.5, 0.6) is 5.75 Å². The van der Waals surface area contributed by atoms with E-state index in [9.17, 15) is 90.4 Å². The zero-order valence-corrected chi connectivity index (χ0v) is 53.4. The third-order valence-corrected chi connectivity index (χ3v) is 18.0. The van der Waals surface area contributed by atoms with Gasteiger partial charge in [-0.3, -0.25) is 43.5 Å². The summed E-state index contributed by atoms with van der Waals surface area (Å²) in [5.41, 5.74) is 12.8. The average molecular weight is 1390 g/mol. The van der Waals surface area contributed by atoms with Crippen LogP contribution in [0.15, 0.2) is 64.6 Å². The highest BCUT2D eigenvalue weighted by atomic mass is 16.7. The van der Waals surface area contributed by atoms with Crippen molar-refractivity contribution in [2.24, 2.45) is 27.4 Å². The van der Waals surface area contributed by atoms with Crippen molar-refractivity contribution in [2.45, 2.75) is 193 Å². The number of esters is 1. The van der Waals surface area contributed by atoms with Crippen LogP contribution in [0.3, 0.4) is 0 Å². The highest BCUT2D eigenvalue weighted by Crippen LogP contribution is 2.33. The maximum absolute atomic E-state index is 15.2. The number of aliphatic imine (C=N–C) groups is 2. The van der Waals surface area contributed by atoms with E-state index in [0.29, 0.717) is 12.0 Å². The van der Waals surface area contributed by atoms with Gasteiger partial charge in [0.2, 0.25) is 41.7 Å². The Morgan fingerprint density at radius 1 is 0.612 bits per heavy atom. The Bertz CT molecular complexity index is 3120. The molecular weight excluding hydrogens is 1300 g/mol. The Labute approximate surface area is 559 Å². The molecule has 98 heavy (non-hydrogen) atoms. The quantitative estimate of drug-likeness (QED) is 0.0516. The molecule has 6 amide bonds. The van der Waals surface area contributed by atoms with Crippen LogP contribution in [0.4, 0.5) is 0 Å². The zero-order chi connectivity index (χ0) is 71.6. The lowest BCUT2D eigenvalue weighted by molar-refractivity contribution is -0.353. The van der Waals surface area contributed by atoms with Crippen LogP contribution >= 0.6 is 0 Å². The Balaban J connectivity index is 1.08. The van der Waals surface area contributed by atoms with E-state index in [-0.39, 0.29) is 36.2 Å². The van der Waals surface area contributed by atoms with Gasteiger partial charge in [-0.1, -0.05) is 69.7 Å². The summed E-state index contributed by atoms with van der Waals surface area (Å²) in [6, 6.07) is 0.750. The molecule has 2 aromatic carbocycles. The molecule has 0 spiro atoms.